The zero-order chi connectivity index (χ0) is 13.8. The van der Waals surface area contributed by atoms with Gasteiger partial charge in [0.15, 0.2) is 18.4 Å². The lowest BCUT2D eigenvalue weighted by Crippen LogP contribution is -2.70. The summed E-state index contributed by atoms with van der Waals surface area (Å²) in [5.41, 5.74) is -1.57. The number of hydrogen-bond donors (Lipinski definition) is 2. The predicted octanol–water partition coefficient (Wildman–Crippen LogP) is -0.652. The average molecular weight is 276 g/mol. The summed E-state index contributed by atoms with van der Waals surface area (Å²) in [6.45, 7) is 4.98. The van der Waals surface area contributed by atoms with Gasteiger partial charge in [-0.1, -0.05) is 0 Å². The number of hydrogen-bond acceptors (Lipinski definition) is 7. The van der Waals surface area contributed by atoms with Crippen LogP contribution in [0, 0.1) is 0 Å². The summed E-state index contributed by atoms with van der Waals surface area (Å²) >= 11 is 0. The Morgan fingerprint density at radius 3 is 2.58 bits per heavy atom. The second-order valence-electron chi connectivity index (χ2n) is 5.71. The molecular weight excluding hydrogens is 256 g/mol. The molecule has 3 aliphatic rings. The first kappa shape index (κ1) is 13.7. The maximum Gasteiger partial charge on any atom is 0.190 e. The normalized spacial score (nSPS) is 52.6. The SMILES string of the molecule is CC1OC[C@H]2O[C@@H]3OC(C)(C)O[C@@H]3[C@@](O)(CO)[C@@H]2O1. The van der Waals surface area contributed by atoms with Crippen LogP contribution in [-0.4, -0.2) is 65.7 Å². The zero-order valence-electron chi connectivity index (χ0n) is 11.2. The number of ether oxygens (including phenoxy) is 5. The minimum Gasteiger partial charge on any atom is -0.393 e. The van der Waals surface area contributed by atoms with Gasteiger partial charge < -0.3 is 33.9 Å². The van der Waals surface area contributed by atoms with Crippen molar-refractivity contribution in [1.29, 1.82) is 0 Å². The van der Waals surface area contributed by atoms with Crippen molar-refractivity contribution in [3.63, 3.8) is 0 Å². The van der Waals surface area contributed by atoms with Crippen LogP contribution in [-0.2, 0) is 23.7 Å². The molecule has 0 spiro atoms. The Morgan fingerprint density at radius 2 is 1.89 bits per heavy atom. The molecule has 0 bridgehead atoms. The lowest BCUT2D eigenvalue weighted by atomic mass is 9.84. The van der Waals surface area contributed by atoms with Gasteiger partial charge in [-0.05, 0) is 20.8 Å². The molecule has 0 aromatic carbocycles. The van der Waals surface area contributed by atoms with Crippen molar-refractivity contribution in [2.75, 3.05) is 13.2 Å². The third-order valence-electron chi connectivity index (χ3n) is 3.78. The van der Waals surface area contributed by atoms with Gasteiger partial charge in [-0.15, -0.1) is 0 Å². The van der Waals surface area contributed by atoms with Crippen molar-refractivity contribution in [2.45, 2.75) is 63.1 Å². The van der Waals surface area contributed by atoms with Crippen LogP contribution in [0.4, 0.5) is 0 Å². The smallest absolute Gasteiger partial charge is 0.190 e. The largest absolute Gasteiger partial charge is 0.393 e. The minimum absolute atomic E-state index is 0.279. The number of fused-ring (bicyclic) bond motifs is 2. The Morgan fingerprint density at radius 1 is 1.16 bits per heavy atom. The summed E-state index contributed by atoms with van der Waals surface area (Å²) in [6, 6.07) is 0. The summed E-state index contributed by atoms with van der Waals surface area (Å²) < 4.78 is 27.9. The van der Waals surface area contributed by atoms with Gasteiger partial charge in [0.25, 0.3) is 0 Å². The van der Waals surface area contributed by atoms with Gasteiger partial charge in [-0.25, -0.2) is 0 Å². The van der Waals surface area contributed by atoms with Crippen LogP contribution in [0.15, 0.2) is 0 Å². The predicted molar refractivity (Wildman–Crippen MR) is 61.0 cm³/mol. The topological polar surface area (TPSA) is 86.6 Å². The Balaban J connectivity index is 1.91. The summed E-state index contributed by atoms with van der Waals surface area (Å²) in [7, 11) is 0. The molecule has 3 saturated heterocycles. The van der Waals surface area contributed by atoms with Crippen molar-refractivity contribution in [1.82, 2.24) is 0 Å². The standard InChI is InChI=1S/C12H20O7/c1-6-15-4-7-8(16-6)12(14,5-13)9-10(17-7)19-11(2,3)18-9/h6-10,13-14H,4-5H2,1-3H3/t6?,7-,8-,9+,10-,12-/m1/s1. The van der Waals surface area contributed by atoms with E-state index in [-0.39, 0.29) is 6.61 Å². The van der Waals surface area contributed by atoms with E-state index in [9.17, 15) is 10.2 Å². The average Bonchev–Trinajstić information content (AvgIpc) is 2.66. The van der Waals surface area contributed by atoms with Gasteiger partial charge in [-0.3, -0.25) is 0 Å². The molecule has 110 valence electrons. The summed E-state index contributed by atoms with van der Waals surface area (Å²) in [5.74, 6) is -0.877. The van der Waals surface area contributed by atoms with Crippen LogP contribution in [0.5, 0.6) is 0 Å². The van der Waals surface area contributed by atoms with Gasteiger partial charge in [0.05, 0.1) is 13.2 Å². The van der Waals surface area contributed by atoms with E-state index in [1.54, 1.807) is 20.8 Å². The Bertz CT molecular complexity index is 356. The van der Waals surface area contributed by atoms with E-state index < -0.39 is 48.9 Å². The molecule has 6 atom stereocenters. The van der Waals surface area contributed by atoms with Crippen molar-refractivity contribution in [2.24, 2.45) is 0 Å². The van der Waals surface area contributed by atoms with E-state index >= 15 is 0 Å². The molecule has 3 fully saturated rings. The van der Waals surface area contributed by atoms with Crippen molar-refractivity contribution < 1.29 is 33.9 Å². The second-order valence-corrected chi connectivity index (χ2v) is 5.71. The molecule has 2 N–H and O–H groups in total. The summed E-state index contributed by atoms with van der Waals surface area (Å²) in [5, 5.41) is 20.4. The molecule has 3 heterocycles. The monoisotopic (exact) mass is 276 g/mol. The molecular formula is C12H20O7. The van der Waals surface area contributed by atoms with Crippen LogP contribution < -0.4 is 0 Å². The van der Waals surface area contributed by atoms with Gasteiger partial charge in [0.1, 0.15) is 23.9 Å². The quantitative estimate of drug-likeness (QED) is 0.658. The highest BCUT2D eigenvalue weighted by Gasteiger charge is 2.63. The zero-order valence-corrected chi connectivity index (χ0v) is 11.2. The highest BCUT2D eigenvalue weighted by atomic mass is 16.8. The molecule has 19 heavy (non-hydrogen) atoms. The highest BCUT2D eigenvalue weighted by molar-refractivity contribution is 5.06. The van der Waals surface area contributed by atoms with Crippen molar-refractivity contribution >= 4 is 0 Å². The van der Waals surface area contributed by atoms with Crippen molar-refractivity contribution in [3.8, 4) is 0 Å². The molecule has 7 nitrogen and oxygen atoms in total. The Labute approximate surface area is 111 Å². The molecule has 0 aliphatic carbocycles. The lowest BCUT2D eigenvalue weighted by molar-refractivity contribution is -0.361. The first-order chi connectivity index (χ1) is 8.86. The fraction of sp³-hybridized carbons (Fsp3) is 1.00. The fourth-order valence-electron chi connectivity index (χ4n) is 2.88. The fourth-order valence-corrected chi connectivity index (χ4v) is 2.88. The van der Waals surface area contributed by atoms with E-state index in [0.29, 0.717) is 0 Å². The number of aliphatic hydroxyl groups excluding tert-OH is 1. The molecule has 0 aromatic heterocycles. The summed E-state index contributed by atoms with van der Waals surface area (Å²) in [4.78, 5) is 0. The third-order valence-corrected chi connectivity index (χ3v) is 3.78. The first-order valence-electron chi connectivity index (χ1n) is 6.47. The second kappa shape index (κ2) is 4.36. The first-order valence-corrected chi connectivity index (χ1v) is 6.47. The van der Waals surface area contributed by atoms with E-state index in [1.807, 2.05) is 0 Å². The van der Waals surface area contributed by atoms with Gasteiger partial charge in [0.2, 0.25) is 0 Å². The lowest BCUT2D eigenvalue weighted by Gasteiger charge is -2.50. The molecule has 0 radical (unpaired) electrons. The Hall–Kier alpha value is -0.280. The molecule has 0 saturated carbocycles. The van der Waals surface area contributed by atoms with Gasteiger partial charge in [0, 0.05) is 0 Å². The maximum atomic E-state index is 10.8. The van der Waals surface area contributed by atoms with Gasteiger partial charge >= 0.3 is 0 Å². The van der Waals surface area contributed by atoms with Gasteiger partial charge in [-0.2, -0.15) is 0 Å². The van der Waals surface area contributed by atoms with Crippen LogP contribution in [0.1, 0.15) is 20.8 Å². The van der Waals surface area contributed by atoms with Crippen LogP contribution in [0.3, 0.4) is 0 Å². The molecule has 1 unspecified atom stereocenters. The van der Waals surface area contributed by atoms with E-state index in [1.165, 1.54) is 0 Å². The van der Waals surface area contributed by atoms with Crippen molar-refractivity contribution in [3.05, 3.63) is 0 Å². The molecule has 0 aromatic rings. The Kier molecular flexibility index (Phi) is 3.14. The molecule has 7 heteroatoms. The highest BCUT2D eigenvalue weighted by Crippen LogP contribution is 2.43. The van der Waals surface area contributed by atoms with Crippen LogP contribution in [0.25, 0.3) is 0 Å². The number of aliphatic hydroxyl groups is 2. The third kappa shape index (κ3) is 2.09. The van der Waals surface area contributed by atoms with E-state index in [4.69, 9.17) is 23.7 Å². The van der Waals surface area contributed by atoms with E-state index in [0.717, 1.165) is 0 Å². The van der Waals surface area contributed by atoms with Crippen LogP contribution in [0.2, 0.25) is 0 Å². The van der Waals surface area contributed by atoms with Crippen LogP contribution >= 0.6 is 0 Å². The van der Waals surface area contributed by atoms with E-state index in [2.05, 4.69) is 0 Å². The molecule has 0 amide bonds. The summed E-state index contributed by atoms with van der Waals surface area (Å²) in [6.07, 6.45) is -3.20. The number of rotatable bonds is 1. The molecule has 3 aliphatic heterocycles. The minimum atomic E-state index is -1.57. The molecule has 3 rings (SSSR count). The maximum absolute atomic E-state index is 10.8.